The third kappa shape index (κ3) is 6.08. The van der Waals surface area contributed by atoms with E-state index in [1.807, 2.05) is 59.5 Å². The Morgan fingerprint density at radius 1 is 1.00 bits per heavy atom. The lowest BCUT2D eigenvalue weighted by Gasteiger charge is -2.36. The second-order valence-electron chi connectivity index (χ2n) is 8.43. The van der Waals surface area contributed by atoms with Gasteiger partial charge in [-0.1, -0.05) is 60.7 Å². The molecule has 0 unspecified atom stereocenters. The highest BCUT2D eigenvalue weighted by atomic mass is 16.5. The fraction of sp³-hybridized carbons (Fsp3) is 0.286. The third-order valence-corrected chi connectivity index (χ3v) is 6.03. The van der Waals surface area contributed by atoms with Crippen LogP contribution in [0.4, 0.5) is 0 Å². The van der Waals surface area contributed by atoms with Crippen LogP contribution in [-0.2, 0) is 17.6 Å². The molecule has 170 valence electrons. The smallest absolute Gasteiger partial charge is 0.223 e. The molecule has 4 rings (SSSR count). The summed E-state index contributed by atoms with van der Waals surface area (Å²) in [7, 11) is 0. The molecule has 0 radical (unpaired) electrons. The SMILES string of the molecule is CC(=O)c1cccc(Oc2ccccc2CCC(=O)N2CCNC[C@H]2Cc2ccccc2)c1. The van der Waals surface area contributed by atoms with E-state index < -0.39 is 0 Å². The van der Waals surface area contributed by atoms with Crippen molar-refractivity contribution in [3.8, 4) is 11.5 Å². The molecule has 5 heteroatoms. The van der Waals surface area contributed by atoms with E-state index in [9.17, 15) is 9.59 Å². The van der Waals surface area contributed by atoms with E-state index in [-0.39, 0.29) is 17.7 Å². The Bertz CT molecular complexity index is 1100. The molecule has 0 saturated carbocycles. The average Bonchev–Trinajstić information content (AvgIpc) is 2.84. The molecule has 1 amide bonds. The molecule has 1 N–H and O–H groups in total. The van der Waals surface area contributed by atoms with Crippen LogP contribution in [0.25, 0.3) is 0 Å². The van der Waals surface area contributed by atoms with Crippen LogP contribution in [0.2, 0.25) is 0 Å². The van der Waals surface area contributed by atoms with Gasteiger partial charge in [0.05, 0.1) is 0 Å². The molecule has 0 aliphatic carbocycles. The topological polar surface area (TPSA) is 58.6 Å². The van der Waals surface area contributed by atoms with Crippen molar-refractivity contribution in [2.24, 2.45) is 0 Å². The molecule has 1 atom stereocenters. The predicted octanol–water partition coefficient (Wildman–Crippen LogP) is 4.66. The van der Waals surface area contributed by atoms with Crippen LogP contribution in [-0.4, -0.2) is 42.3 Å². The highest BCUT2D eigenvalue weighted by Gasteiger charge is 2.26. The lowest BCUT2D eigenvalue weighted by atomic mass is 10.0. The van der Waals surface area contributed by atoms with Gasteiger partial charge in [0.2, 0.25) is 5.91 Å². The van der Waals surface area contributed by atoms with Gasteiger partial charge in [-0.3, -0.25) is 9.59 Å². The number of carbonyl (C=O) groups is 2. The summed E-state index contributed by atoms with van der Waals surface area (Å²) in [6.07, 6.45) is 1.88. The number of Topliss-reactive ketones (excluding diaryl/α,β-unsaturated/α-hetero) is 1. The first-order chi connectivity index (χ1) is 16.1. The standard InChI is InChI=1S/C28H30N2O3/c1-21(31)24-11-7-12-26(19-24)33-27-13-6-5-10-23(27)14-15-28(32)30-17-16-29-20-25(30)18-22-8-3-2-4-9-22/h2-13,19,25,29H,14-18,20H2,1H3/t25-/m1/s1. The first-order valence-corrected chi connectivity index (χ1v) is 11.5. The largest absolute Gasteiger partial charge is 0.457 e. The van der Waals surface area contributed by atoms with Crippen molar-refractivity contribution in [1.29, 1.82) is 0 Å². The second-order valence-corrected chi connectivity index (χ2v) is 8.43. The van der Waals surface area contributed by atoms with E-state index in [4.69, 9.17) is 4.74 Å². The predicted molar refractivity (Wildman–Crippen MR) is 130 cm³/mol. The van der Waals surface area contributed by atoms with Gasteiger partial charge < -0.3 is 15.0 Å². The minimum atomic E-state index is 0.000380. The summed E-state index contributed by atoms with van der Waals surface area (Å²) in [5.41, 5.74) is 2.84. The summed E-state index contributed by atoms with van der Waals surface area (Å²) in [5, 5.41) is 3.42. The third-order valence-electron chi connectivity index (χ3n) is 6.03. The quantitative estimate of drug-likeness (QED) is 0.516. The van der Waals surface area contributed by atoms with E-state index in [1.165, 1.54) is 5.56 Å². The lowest BCUT2D eigenvalue weighted by molar-refractivity contribution is -0.134. The lowest BCUT2D eigenvalue weighted by Crippen LogP contribution is -2.54. The van der Waals surface area contributed by atoms with Gasteiger partial charge in [0.15, 0.2) is 5.78 Å². The van der Waals surface area contributed by atoms with Crippen LogP contribution in [0.1, 0.15) is 34.8 Å². The molecule has 1 heterocycles. The average molecular weight is 443 g/mol. The van der Waals surface area contributed by atoms with Crippen molar-refractivity contribution in [3.63, 3.8) is 0 Å². The number of benzene rings is 3. The maximum atomic E-state index is 13.2. The van der Waals surface area contributed by atoms with Crippen LogP contribution >= 0.6 is 0 Å². The number of ketones is 1. The summed E-state index contributed by atoms with van der Waals surface area (Å²) >= 11 is 0. The molecule has 3 aromatic carbocycles. The number of nitrogens with one attached hydrogen (secondary N) is 1. The number of rotatable bonds is 8. The Morgan fingerprint density at radius 3 is 2.61 bits per heavy atom. The van der Waals surface area contributed by atoms with Crippen molar-refractivity contribution in [1.82, 2.24) is 10.2 Å². The number of piperazine rings is 1. The molecule has 0 bridgehead atoms. The van der Waals surface area contributed by atoms with E-state index >= 15 is 0 Å². The van der Waals surface area contributed by atoms with E-state index in [0.29, 0.717) is 29.9 Å². The fourth-order valence-electron chi connectivity index (χ4n) is 4.26. The summed E-state index contributed by atoms with van der Waals surface area (Å²) in [5.74, 6) is 1.50. The maximum absolute atomic E-state index is 13.2. The molecule has 0 aromatic heterocycles. The van der Waals surface area contributed by atoms with E-state index in [2.05, 4.69) is 17.4 Å². The first kappa shape index (κ1) is 22.7. The highest BCUT2D eigenvalue weighted by molar-refractivity contribution is 5.94. The summed E-state index contributed by atoms with van der Waals surface area (Å²) in [6.45, 7) is 3.90. The monoisotopic (exact) mass is 442 g/mol. The first-order valence-electron chi connectivity index (χ1n) is 11.5. The van der Waals surface area contributed by atoms with Gasteiger partial charge in [-0.05, 0) is 49.1 Å². The fourth-order valence-corrected chi connectivity index (χ4v) is 4.26. The van der Waals surface area contributed by atoms with Gasteiger partial charge in [0, 0.05) is 37.7 Å². The molecular weight excluding hydrogens is 412 g/mol. The zero-order valence-electron chi connectivity index (χ0n) is 19.0. The van der Waals surface area contributed by atoms with Crippen molar-refractivity contribution < 1.29 is 14.3 Å². The van der Waals surface area contributed by atoms with Crippen LogP contribution < -0.4 is 10.1 Å². The molecule has 1 aliphatic rings. The van der Waals surface area contributed by atoms with Crippen molar-refractivity contribution in [2.75, 3.05) is 19.6 Å². The number of nitrogens with zero attached hydrogens (tertiary/aromatic N) is 1. The van der Waals surface area contributed by atoms with Crippen molar-refractivity contribution in [2.45, 2.75) is 32.2 Å². The molecule has 1 fully saturated rings. The van der Waals surface area contributed by atoms with Crippen LogP contribution in [0, 0.1) is 0 Å². The zero-order chi connectivity index (χ0) is 23.0. The van der Waals surface area contributed by atoms with Gasteiger partial charge in [0.25, 0.3) is 0 Å². The Balaban J connectivity index is 1.41. The number of aryl methyl sites for hydroxylation is 1. The van der Waals surface area contributed by atoms with Gasteiger partial charge in [-0.15, -0.1) is 0 Å². The molecular formula is C28H30N2O3. The van der Waals surface area contributed by atoms with Gasteiger partial charge in [0.1, 0.15) is 11.5 Å². The summed E-state index contributed by atoms with van der Waals surface area (Å²) in [6, 6.07) is 25.5. The Morgan fingerprint density at radius 2 is 1.79 bits per heavy atom. The molecule has 1 aliphatic heterocycles. The minimum absolute atomic E-state index is 0.000380. The Kier molecular flexibility index (Phi) is 7.53. The normalized spacial score (nSPS) is 15.8. The van der Waals surface area contributed by atoms with Crippen molar-refractivity contribution >= 4 is 11.7 Å². The zero-order valence-corrected chi connectivity index (χ0v) is 19.0. The number of amides is 1. The van der Waals surface area contributed by atoms with Crippen LogP contribution in [0.15, 0.2) is 78.9 Å². The van der Waals surface area contributed by atoms with Gasteiger partial charge in [-0.2, -0.15) is 0 Å². The Hall–Kier alpha value is -3.44. The van der Waals surface area contributed by atoms with Gasteiger partial charge in [-0.25, -0.2) is 0 Å². The number of carbonyl (C=O) groups excluding carboxylic acids is 2. The number of para-hydroxylation sites is 1. The summed E-state index contributed by atoms with van der Waals surface area (Å²) < 4.78 is 6.09. The van der Waals surface area contributed by atoms with Crippen molar-refractivity contribution in [3.05, 3.63) is 95.6 Å². The Labute approximate surface area is 195 Å². The molecule has 5 nitrogen and oxygen atoms in total. The maximum Gasteiger partial charge on any atom is 0.223 e. The molecule has 3 aromatic rings. The number of hydrogen-bond acceptors (Lipinski definition) is 4. The summed E-state index contributed by atoms with van der Waals surface area (Å²) in [4.78, 5) is 26.9. The second kappa shape index (κ2) is 10.9. The molecule has 0 spiro atoms. The van der Waals surface area contributed by atoms with Crippen LogP contribution in [0.5, 0.6) is 11.5 Å². The number of ether oxygens (including phenoxy) is 1. The van der Waals surface area contributed by atoms with E-state index in [1.54, 1.807) is 19.1 Å². The molecule has 33 heavy (non-hydrogen) atoms. The highest BCUT2D eigenvalue weighted by Crippen LogP contribution is 2.27. The van der Waals surface area contributed by atoms with Gasteiger partial charge >= 0.3 is 0 Å². The van der Waals surface area contributed by atoms with Crippen LogP contribution in [0.3, 0.4) is 0 Å². The van der Waals surface area contributed by atoms with E-state index in [0.717, 1.165) is 31.6 Å². The molecule has 1 saturated heterocycles. The minimum Gasteiger partial charge on any atom is -0.457 e. The number of hydrogen-bond donors (Lipinski definition) is 1.